The van der Waals surface area contributed by atoms with Gasteiger partial charge in [-0.25, -0.2) is 4.79 Å². The first kappa shape index (κ1) is 13.4. The minimum absolute atomic E-state index is 0.151. The highest BCUT2D eigenvalue weighted by atomic mass is 79.9. The van der Waals surface area contributed by atoms with E-state index in [0.29, 0.717) is 13.0 Å². The molecular weight excluding hydrogens is 248 g/mol. The Morgan fingerprint density at radius 2 is 2.00 bits per heavy atom. The van der Waals surface area contributed by atoms with Gasteiger partial charge in [-0.1, -0.05) is 35.9 Å². The zero-order chi connectivity index (χ0) is 11.0. The Morgan fingerprint density at radius 1 is 1.36 bits per heavy atom. The molecule has 0 saturated heterocycles. The van der Waals surface area contributed by atoms with Crippen LogP contribution in [-0.2, 0) is 14.3 Å². The third-order valence-corrected chi connectivity index (χ3v) is 2.00. The van der Waals surface area contributed by atoms with Crippen LogP contribution in [0.5, 0.6) is 0 Å². The van der Waals surface area contributed by atoms with E-state index in [1.54, 1.807) is 6.08 Å². The fraction of sp³-hybridized carbons (Fsp3) is 0.600. The number of rotatable bonds is 6. The second-order valence-electron chi connectivity index (χ2n) is 2.72. The van der Waals surface area contributed by atoms with E-state index in [1.165, 1.54) is 0 Å². The molecule has 0 aromatic rings. The van der Waals surface area contributed by atoms with Gasteiger partial charge in [0.15, 0.2) is 5.78 Å². The van der Waals surface area contributed by atoms with E-state index in [1.807, 2.05) is 13.8 Å². The van der Waals surface area contributed by atoms with Crippen molar-refractivity contribution in [2.45, 2.75) is 26.7 Å². The molecule has 0 aliphatic heterocycles. The average molecular weight is 263 g/mol. The quantitative estimate of drug-likeness (QED) is 0.243. The third-order valence-electron chi connectivity index (χ3n) is 1.49. The van der Waals surface area contributed by atoms with Crippen molar-refractivity contribution in [2.75, 3.05) is 11.9 Å². The van der Waals surface area contributed by atoms with Crippen LogP contribution >= 0.6 is 15.9 Å². The van der Waals surface area contributed by atoms with E-state index in [4.69, 9.17) is 4.74 Å². The molecule has 0 heterocycles. The van der Waals surface area contributed by atoms with Crippen LogP contribution in [0.3, 0.4) is 0 Å². The molecule has 0 unspecified atom stereocenters. The number of ketones is 1. The van der Waals surface area contributed by atoms with Gasteiger partial charge in [0.1, 0.15) is 0 Å². The van der Waals surface area contributed by atoms with Gasteiger partial charge < -0.3 is 4.74 Å². The second kappa shape index (κ2) is 7.74. The Hall–Kier alpha value is -0.640. The Balaban J connectivity index is 4.42. The molecule has 0 aliphatic rings. The van der Waals surface area contributed by atoms with Gasteiger partial charge in [0.05, 0.1) is 17.5 Å². The smallest absolute Gasteiger partial charge is 0.341 e. The molecular formula is C10H15BrO3. The number of carbonyl (C=O) groups excluding carboxylic acids is 2. The molecule has 80 valence electrons. The summed E-state index contributed by atoms with van der Waals surface area (Å²) in [5.41, 5.74) is 0.151. The van der Waals surface area contributed by atoms with Crippen molar-refractivity contribution in [1.82, 2.24) is 0 Å². The zero-order valence-electron chi connectivity index (χ0n) is 8.51. The van der Waals surface area contributed by atoms with E-state index in [-0.39, 0.29) is 16.7 Å². The summed E-state index contributed by atoms with van der Waals surface area (Å²) in [5, 5.41) is 0.153. The number of Topliss-reactive ketones (excluding diaryl/α,β-unsaturated/α-hetero) is 1. The van der Waals surface area contributed by atoms with E-state index < -0.39 is 5.97 Å². The lowest BCUT2D eigenvalue weighted by Gasteiger charge is -2.04. The predicted octanol–water partition coefficient (Wildman–Crippen LogP) is 2.24. The third kappa shape index (κ3) is 4.56. The fourth-order valence-electron chi connectivity index (χ4n) is 0.860. The highest BCUT2D eigenvalue weighted by Crippen LogP contribution is 2.04. The molecule has 0 fully saturated rings. The summed E-state index contributed by atoms with van der Waals surface area (Å²) in [6, 6.07) is 0. The highest BCUT2D eigenvalue weighted by molar-refractivity contribution is 9.09. The average Bonchev–Trinajstić information content (AvgIpc) is 2.21. The van der Waals surface area contributed by atoms with Crippen molar-refractivity contribution in [3.8, 4) is 0 Å². The number of esters is 1. The van der Waals surface area contributed by atoms with Crippen molar-refractivity contribution in [1.29, 1.82) is 0 Å². The topological polar surface area (TPSA) is 43.4 Å². The van der Waals surface area contributed by atoms with Gasteiger partial charge in [-0.3, -0.25) is 4.79 Å². The summed E-state index contributed by atoms with van der Waals surface area (Å²) >= 11 is 3.02. The molecule has 0 bridgehead atoms. The lowest BCUT2D eigenvalue weighted by Crippen LogP contribution is -2.17. The molecule has 0 aliphatic carbocycles. The summed E-state index contributed by atoms with van der Waals surface area (Å²) in [5.74, 6) is -0.744. The summed E-state index contributed by atoms with van der Waals surface area (Å²) in [7, 11) is 0. The van der Waals surface area contributed by atoms with Crippen molar-refractivity contribution in [3.63, 3.8) is 0 Å². The van der Waals surface area contributed by atoms with Crippen LogP contribution in [0.25, 0.3) is 0 Å². The molecule has 4 heteroatoms. The second-order valence-corrected chi connectivity index (χ2v) is 3.28. The first-order chi connectivity index (χ1) is 6.67. The Bertz CT molecular complexity index is 234. The molecule has 0 rings (SSSR count). The van der Waals surface area contributed by atoms with E-state index in [9.17, 15) is 9.59 Å². The van der Waals surface area contributed by atoms with Crippen LogP contribution in [0, 0.1) is 0 Å². The minimum Gasteiger partial charge on any atom is -0.462 e. The zero-order valence-corrected chi connectivity index (χ0v) is 10.1. The fourth-order valence-corrected chi connectivity index (χ4v) is 1.16. The number of hydrogen-bond donors (Lipinski definition) is 0. The van der Waals surface area contributed by atoms with Crippen molar-refractivity contribution >= 4 is 27.7 Å². The largest absolute Gasteiger partial charge is 0.462 e. The van der Waals surface area contributed by atoms with E-state index >= 15 is 0 Å². The summed E-state index contributed by atoms with van der Waals surface area (Å²) in [6.07, 6.45) is 3.00. The number of hydrogen-bond acceptors (Lipinski definition) is 3. The SMILES string of the molecule is CCC=C(C(=O)CBr)C(=O)OCCC. The number of allylic oxidation sites excluding steroid dienone is 1. The van der Waals surface area contributed by atoms with Crippen LogP contribution in [0.2, 0.25) is 0 Å². The Kier molecular flexibility index (Phi) is 7.38. The van der Waals surface area contributed by atoms with E-state index in [2.05, 4.69) is 15.9 Å². The maximum Gasteiger partial charge on any atom is 0.341 e. The number of ether oxygens (including phenoxy) is 1. The molecule has 0 aromatic carbocycles. The van der Waals surface area contributed by atoms with Gasteiger partial charge in [0.25, 0.3) is 0 Å². The first-order valence-corrected chi connectivity index (χ1v) is 5.75. The molecule has 14 heavy (non-hydrogen) atoms. The summed E-state index contributed by atoms with van der Waals surface area (Å²) in [4.78, 5) is 22.7. The molecule has 0 saturated carbocycles. The van der Waals surface area contributed by atoms with Crippen molar-refractivity contribution in [2.24, 2.45) is 0 Å². The number of alkyl halides is 1. The van der Waals surface area contributed by atoms with Gasteiger partial charge in [-0.05, 0) is 12.8 Å². The van der Waals surface area contributed by atoms with Gasteiger partial charge in [0, 0.05) is 0 Å². The molecule has 0 N–H and O–H groups in total. The molecule has 0 spiro atoms. The van der Waals surface area contributed by atoms with Crippen molar-refractivity contribution < 1.29 is 14.3 Å². The van der Waals surface area contributed by atoms with Crippen LogP contribution in [0.1, 0.15) is 26.7 Å². The highest BCUT2D eigenvalue weighted by Gasteiger charge is 2.17. The summed E-state index contributed by atoms with van der Waals surface area (Å²) < 4.78 is 4.88. The van der Waals surface area contributed by atoms with E-state index in [0.717, 1.165) is 6.42 Å². The monoisotopic (exact) mass is 262 g/mol. The molecule has 3 nitrogen and oxygen atoms in total. The minimum atomic E-state index is -0.516. The summed E-state index contributed by atoms with van der Waals surface area (Å²) in [6.45, 7) is 4.13. The molecule has 0 aromatic heterocycles. The maximum atomic E-state index is 11.4. The van der Waals surface area contributed by atoms with Crippen LogP contribution < -0.4 is 0 Å². The van der Waals surface area contributed by atoms with Crippen LogP contribution in [0.15, 0.2) is 11.6 Å². The number of halogens is 1. The lowest BCUT2D eigenvalue weighted by atomic mass is 10.1. The normalized spacial score (nSPS) is 11.2. The van der Waals surface area contributed by atoms with Crippen molar-refractivity contribution in [3.05, 3.63) is 11.6 Å². The maximum absolute atomic E-state index is 11.4. The number of carbonyl (C=O) groups is 2. The lowest BCUT2D eigenvalue weighted by molar-refractivity contribution is -0.140. The molecule has 0 amide bonds. The Labute approximate surface area is 92.6 Å². The van der Waals surface area contributed by atoms with Gasteiger partial charge in [-0.15, -0.1) is 0 Å². The molecule has 0 radical (unpaired) electrons. The van der Waals surface area contributed by atoms with Crippen LogP contribution in [-0.4, -0.2) is 23.7 Å². The predicted molar refractivity (Wildman–Crippen MR) is 58.4 cm³/mol. The van der Waals surface area contributed by atoms with Gasteiger partial charge in [0.2, 0.25) is 0 Å². The standard InChI is InChI=1S/C10H15BrO3/c1-3-5-8(9(12)7-11)10(13)14-6-4-2/h5H,3-4,6-7H2,1-2H3. The first-order valence-electron chi connectivity index (χ1n) is 4.63. The molecule has 0 atom stereocenters. The van der Waals surface area contributed by atoms with Gasteiger partial charge in [-0.2, -0.15) is 0 Å². The van der Waals surface area contributed by atoms with Crippen LogP contribution in [0.4, 0.5) is 0 Å². The Morgan fingerprint density at radius 3 is 2.43 bits per heavy atom. The van der Waals surface area contributed by atoms with Gasteiger partial charge >= 0.3 is 5.97 Å².